The predicted molar refractivity (Wildman–Crippen MR) is 61.9 cm³/mol. The molecule has 0 saturated heterocycles. The molecular formula is C13H17Cl. The van der Waals surface area contributed by atoms with E-state index in [9.17, 15) is 0 Å². The van der Waals surface area contributed by atoms with E-state index in [4.69, 9.17) is 11.6 Å². The van der Waals surface area contributed by atoms with Gasteiger partial charge in [0, 0.05) is 5.38 Å². The molecule has 1 aliphatic carbocycles. The summed E-state index contributed by atoms with van der Waals surface area (Å²) in [4.78, 5) is 0. The van der Waals surface area contributed by atoms with Gasteiger partial charge in [-0.15, -0.1) is 11.6 Å². The minimum atomic E-state index is 0.308. The average molecular weight is 209 g/mol. The van der Waals surface area contributed by atoms with Crippen LogP contribution in [0.2, 0.25) is 0 Å². The summed E-state index contributed by atoms with van der Waals surface area (Å²) in [5, 5.41) is 0.308. The fourth-order valence-electron chi connectivity index (χ4n) is 2.10. The van der Waals surface area contributed by atoms with Gasteiger partial charge in [-0.25, -0.2) is 0 Å². The van der Waals surface area contributed by atoms with Gasteiger partial charge in [0.1, 0.15) is 0 Å². The second-order valence-electron chi connectivity index (χ2n) is 4.64. The third kappa shape index (κ3) is 1.95. The summed E-state index contributed by atoms with van der Waals surface area (Å²) in [7, 11) is 0. The van der Waals surface area contributed by atoms with Gasteiger partial charge in [0.2, 0.25) is 0 Å². The molecule has 1 aromatic carbocycles. The first-order chi connectivity index (χ1) is 6.62. The van der Waals surface area contributed by atoms with Crippen molar-refractivity contribution in [3.63, 3.8) is 0 Å². The highest BCUT2D eigenvalue weighted by molar-refractivity contribution is 6.21. The van der Waals surface area contributed by atoms with Crippen molar-refractivity contribution in [2.45, 2.75) is 38.5 Å². The molecule has 2 rings (SSSR count). The lowest BCUT2D eigenvalue weighted by Gasteiger charge is -2.17. The molecule has 0 nitrogen and oxygen atoms in total. The summed E-state index contributed by atoms with van der Waals surface area (Å²) in [5.74, 6) is 0. The largest absolute Gasteiger partial charge is 0.123 e. The molecule has 0 heterocycles. The van der Waals surface area contributed by atoms with Crippen LogP contribution >= 0.6 is 11.6 Å². The van der Waals surface area contributed by atoms with Crippen LogP contribution in [0.3, 0.4) is 0 Å². The zero-order chi connectivity index (χ0) is 10.2. The highest BCUT2D eigenvalue weighted by Gasteiger charge is 2.46. The van der Waals surface area contributed by atoms with Crippen molar-refractivity contribution >= 4 is 11.6 Å². The summed E-state index contributed by atoms with van der Waals surface area (Å²) in [6.07, 6.45) is 3.75. The highest BCUT2D eigenvalue weighted by Crippen LogP contribution is 2.53. The number of aryl methyl sites for hydroxylation is 1. The van der Waals surface area contributed by atoms with Gasteiger partial charge in [-0.3, -0.25) is 0 Å². The van der Waals surface area contributed by atoms with Crippen LogP contribution in [0.15, 0.2) is 24.3 Å². The van der Waals surface area contributed by atoms with Gasteiger partial charge < -0.3 is 0 Å². The molecule has 0 aliphatic heterocycles. The van der Waals surface area contributed by atoms with E-state index in [-0.39, 0.29) is 0 Å². The van der Waals surface area contributed by atoms with Gasteiger partial charge in [-0.2, -0.15) is 0 Å². The second-order valence-corrected chi connectivity index (χ2v) is 5.30. The minimum Gasteiger partial charge on any atom is -0.123 e. The van der Waals surface area contributed by atoms with Crippen molar-refractivity contribution in [1.82, 2.24) is 0 Å². The summed E-state index contributed by atoms with van der Waals surface area (Å²) in [6.45, 7) is 4.28. The highest BCUT2D eigenvalue weighted by atomic mass is 35.5. The molecule has 0 N–H and O–H groups in total. The molecule has 1 aliphatic rings. The molecule has 1 aromatic rings. The van der Waals surface area contributed by atoms with Crippen LogP contribution in [0.5, 0.6) is 0 Å². The van der Waals surface area contributed by atoms with Crippen LogP contribution in [0.25, 0.3) is 0 Å². The van der Waals surface area contributed by atoms with Crippen molar-refractivity contribution in [1.29, 1.82) is 0 Å². The Morgan fingerprint density at radius 2 is 2.14 bits per heavy atom. The average Bonchev–Trinajstić information content (AvgIpc) is 2.85. The number of halogens is 1. The lowest BCUT2D eigenvalue weighted by Crippen LogP contribution is -2.15. The smallest absolute Gasteiger partial charge is 0.0367 e. The van der Waals surface area contributed by atoms with Gasteiger partial charge in [0.25, 0.3) is 0 Å². The first kappa shape index (κ1) is 10.0. The second kappa shape index (κ2) is 3.58. The summed E-state index contributed by atoms with van der Waals surface area (Å²) >= 11 is 6.22. The molecule has 1 saturated carbocycles. The fourth-order valence-corrected chi connectivity index (χ4v) is 2.40. The summed E-state index contributed by atoms with van der Waals surface area (Å²) < 4.78 is 0. The van der Waals surface area contributed by atoms with Gasteiger partial charge in [0.15, 0.2) is 0 Å². The van der Waals surface area contributed by atoms with E-state index in [0.29, 0.717) is 10.8 Å². The molecule has 0 aromatic heterocycles. The molecule has 1 atom stereocenters. The predicted octanol–water partition coefficient (Wildman–Crippen LogP) is 3.95. The van der Waals surface area contributed by atoms with Crippen molar-refractivity contribution in [2.24, 2.45) is 5.41 Å². The van der Waals surface area contributed by atoms with Crippen LogP contribution in [0.4, 0.5) is 0 Å². The normalized spacial score (nSPS) is 20.5. The Morgan fingerprint density at radius 1 is 1.43 bits per heavy atom. The molecule has 0 spiro atoms. The van der Waals surface area contributed by atoms with E-state index in [1.807, 2.05) is 0 Å². The molecular weight excluding hydrogens is 192 g/mol. The lowest BCUT2D eigenvalue weighted by molar-refractivity contribution is 0.496. The van der Waals surface area contributed by atoms with E-state index in [2.05, 4.69) is 38.1 Å². The van der Waals surface area contributed by atoms with Crippen LogP contribution in [-0.2, 0) is 6.42 Å². The third-order valence-electron chi connectivity index (χ3n) is 3.37. The standard InChI is InChI=1S/C13H17Cl/c1-10-4-3-5-12(8-10)9-13(6-7-13)11(2)14/h3-5,8,11H,6-7,9H2,1-2H3. The Hall–Kier alpha value is -0.490. The summed E-state index contributed by atoms with van der Waals surface area (Å²) in [5.41, 5.74) is 3.20. The maximum absolute atomic E-state index is 6.22. The first-order valence-electron chi connectivity index (χ1n) is 5.32. The van der Waals surface area contributed by atoms with E-state index < -0.39 is 0 Å². The molecule has 0 radical (unpaired) electrons. The Morgan fingerprint density at radius 3 is 2.64 bits per heavy atom. The summed E-state index contributed by atoms with van der Waals surface area (Å²) in [6, 6.07) is 8.78. The maximum atomic E-state index is 6.22. The maximum Gasteiger partial charge on any atom is 0.0367 e. The Balaban J connectivity index is 2.11. The number of hydrogen-bond donors (Lipinski definition) is 0. The fraction of sp³-hybridized carbons (Fsp3) is 0.538. The molecule has 1 unspecified atom stereocenters. The van der Waals surface area contributed by atoms with Crippen molar-refractivity contribution in [2.75, 3.05) is 0 Å². The van der Waals surface area contributed by atoms with E-state index in [1.165, 1.54) is 24.0 Å². The van der Waals surface area contributed by atoms with Gasteiger partial charge in [-0.1, -0.05) is 29.8 Å². The zero-order valence-corrected chi connectivity index (χ0v) is 9.64. The van der Waals surface area contributed by atoms with Crippen molar-refractivity contribution < 1.29 is 0 Å². The quantitative estimate of drug-likeness (QED) is 0.660. The van der Waals surface area contributed by atoms with Crippen LogP contribution in [-0.4, -0.2) is 5.38 Å². The Kier molecular flexibility index (Phi) is 2.57. The number of alkyl halides is 1. The number of rotatable bonds is 3. The Bertz CT molecular complexity index is 324. The monoisotopic (exact) mass is 208 g/mol. The number of benzene rings is 1. The molecule has 14 heavy (non-hydrogen) atoms. The topological polar surface area (TPSA) is 0 Å². The molecule has 76 valence electrons. The van der Waals surface area contributed by atoms with Crippen molar-refractivity contribution in [3.05, 3.63) is 35.4 Å². The first-order valence-corrected chi connectivity index (χ1v) is 5.76. The van der Waals surface area contributed by atoms with E-state index in [0.717, 1.165) is 6.42 Å². The zero-order valence-electron chi connectivity index (χ0n) is 8.89. The SMILES string of the molecule is Cc1cccc(CC2(C(C)Cl)CC2)c1. The molecule has 0 bridgehead atoms. The van der Waals surface area contributed by atoms with Crippen molar-refractivity contribution in [3.8, 4) is 0 Å². The van der Waals surface area contributed by atoms with E-state index >= 15 is 0 Å². The van der Waals surface area contributed by atoms with Crippen LogP contribution in [0.1, 0.15) is 30.9 Å². The van der Waals surface area contributed by atoms with Gasteiger partial charge in [0.05, 0.1) is 0 Å². The number of hydrogen-bond acceptors (Lipinski definition) is 0. The molecule has 1 heteroatoms. The van der Waals surface area contributed by atoms with Gasteiger partial charge in [-0.05, 0) is 44.1 Å². The molecule has 0 amide bonds. The minimum absolute atomic E-state index is 0.308. The van der Waals surface area contributed by atoms with Crippen LogP contribution < -0.4 is 0 Å². The van der Waals surface area contributed by atoms with E-state index in [1.54, 1.807) is 0 Å². The Labute approximate surface area is 91.3 Å². The van der Waals surface area contributed by atoms with Gasteiger partial charge >= 0.3 is 0 Å². The molecule has 1 fully saturated rings. The third-order valence-corrected chi connectivity index (χ3v) is 3.84. The lowest BCUT2D eigenvalue weighted by atomic mass is 9.93. The van der Waals surface area contributed by atoms with Crippen LogP contribution in [0, 0.1) is 12.3 Å².